The van der Waals surface area contributed by atoms with Crippen LogP contribution in [-0.4, -0.2) is 6.10 Å². The number of hydrogen-bond acceptors (Lipinski definition) is 2. The van der Waals surface area contributed by atoms with Crippen LogP contribution in [0.5, 0.6) is 5.75 Å². The summed E-state index contributed by atoms with van der Waals surface area (Å²) in [6, 6.07) is 16.4. The molecule has 18 heavy (non-hydrogen) atoms. The van der Waals surface area contributed by atoms with Gasteiger partial charge in [0.1, 0.15) is 11.9 Å². The van der Waals surface area contributed by atoms with Crippen LogP contribution in [-0.2, 0) is 6.42 Å². The fourth-order valence-electron chi connectivity index (χ4n) is 2.49. The Morgan fingerprint density at radius 3 is 2.67 bits per heavy atom. The molecule has 2 unspecified atom stereocenters. The van der Waals surface area contributed by atoms with E-state index in [-0.39, 0.29) is 12.1 Å². The number of fused-ring (bicyclic) bond motifs is 1. The van der Waals surface area contributed by atoms with E-state index in [1.165, 1.54) is 5.56 Å². The summed E-state index contributed by atoms with van der Waals surface area (Å²) in [5.41, 5.74) is 9.87. The quantitative estimate of drug-likeness (QED) is 0.874. The molecule has 92 valence electrons. The summed E-state index contributed by atoms with van der Waals surface area (Å²) in [4.78, 5) is 0. The van der Waals surface area contributed by atoms with Gasteiger partial charge in [-0.2, -0.15) is 0 Å². The van der Waals surface area contributed by atoms with Gasteiger partial charge >= 0.3 is 0 Å². The van der Waals surface area contributed by atoms with Crippen LogP contribution in [0.1, 0.15) is 29.7 Å². The van der Waals surface area contributed by atoms with Crippen molar-refractivity contribution in [2.45, 2.75) is 25.5 Å². The van der Waals surface area contributed by atoms with Crippen LogP contribution in [0.15, 0.2) is 48.5 Å². The maximum absolute atomic E-state index is 6.30. The highest BCUT2D eigenvalue weighted by Gasteiger charge is 2.20. The minimum absolute atomic E-state index is 0.0626. The predicted molar refractivity (Wildman–Crippen MR) is 72.7 cm³/mol. The molecule has 1 aliphatic heterocycles. The molecule has 0 fully saturated rings. The smallest absolute Gasteiger partial charge is 0.123 e. The zero-order valence-corrected chi connectivity index (χ0v) is 10.5. The summed E-state index contributed by atoms with van der Waals surface area (Å²) in [7, 11) is 0. The van der Waals surface area contributed by atoms with Gasteiger partial charge in [-0.1, -0.05) is 42.5 Å². The monoisotopic (exact) mass is 239 g/mol. The fraction of sp³-hybridized carbons (Fsp3) is 0.250. The Morgan fingerprint density at radius 2 is 1.89 bits per heavy atom. The Hall–Kier alpha value is -1.80. The van der Waals surface area contributed by atoms with Crippen LogP contribution >= 0.6 is 0 Å². The average molecular weight is 239 g/mol. The molecule has 0 spiro atoms. The molecular weight excluding hydrogens is 222 g/mol. The second kappa shape index (κ2) is 4.46. The number of hydrogen-bond donors (Lipinski definition) is 1. The van der Waals surface area contributed by atoms with Gasteiger partial charge in [0.05, 0.1) is 6.04 Å². The average Bonchev–Trinajstić information content (AvgIpc) is 2.78. The first-order chi connectivity index (χ1) is 8.74. The molecule has 2 aromatic rings. The van der Waals surface area contributed by atoms with Crippen LogP contribution in [0.3, 0.4) is 0 Å². The minimum Gasteiger partial charge on any atom is -0.490 e. The molecule has 0 saturated heterocycles. The molecule has 0 radical (unpaired) electrons. The summed E-state index contributed by atoms with van der Waals surface area (Å²) in [5, 5.41) is 0. The van der Waals surface area contributed by atoms with Crippen molar-refractivity contribution in [2.24, 2.45) is 5.73 Å². The van der Waals surface area contributed by atoms with Crippen LogP contribution < -0.4 is 10.5 Å². The van der Waals surface area contributed by atoms with Crippen molar-refractivity contribution in [3.05, 3.63) is 65.2 Å². The van der Waals surface area contributed by atoms with E-state index in [0.29, 0.717) is 0 Å². The third-order valence-electron chi connectivity index (χ3n) is 3.44. The van der Waals surface area contributed by atoms with E-state index < -0.39 is 0 Å². The van der Waals surface area contributed by atoms with E-state index >= 15 is 0 Å². The Labute approximate surface area is 107 Å². The van der Waals surface area contributed by atoms with Crippen molar-refractivity contribution in [3.8, 4) is 5.75 Å². The lowest BCUT2D eigenvalue weighted by atomic mass is 9.97. The Morgan fingerprint density at radius 1 is 1.11 bits per heavy atom. The van der Waals surface area contributed by atoms with Crippen molar-refractivity contribution in [2.75, 3.05) is 0 Å². The summed E-state index contributed by atoms with van der Waals surface area (Å²) in [6.45, 7) is 2.09. The molecule has 1 aliphatic rings. The summed E-state index contributed by atoms with van der Waals surface area (Å²) in [6.07, 6.45) is 1.26. The molecule has 2 aromatic carbocycles. The van der Waals surface area contributed by atoms with E-state index in [1.54, 1.807) is 0 Å². The highest BCUT2D eigenvalue weighted by Crippen LogP contribution is 2.31. The lowest BCUT2D eigenvalue weighted by molar-refractivity contribution is 0.254. The van der Waals surface area contributed by atoms with Gasteiger partial charge in [-0.05, 0) is 29.7 Å². The molecule has 2 nitrogen and oxygen atoms in total. The first-order valence-electron chi connectivity index (χ1n) is 6.34. The molecule has 0 aliphatic carbocycles. The van der Waals surface area contributed by atoms with Crippen molar-refractivity contribution < 1.29 is 4.74 Å². The highest BCUT2D eigenvalue weighted by molar-refractivity contribution is 5.43. The largest absolute Gasteiger partial charge is 0.490 e. The summed E-state index contributed by atoms with van der Waals surface area (Å²) in [5.74, 6) is 1.01. The van der Waals surface area contributed by atoms with Gasteiger partial charge in [-0.3, -0.25) is 0 Å². The molecule has 0 saturated carbocycles. The van der Waals surface area contributed by atoms with Crippen molar-refractivity contribution in [3.63, 3.8) is 0 Å². The fourth-order valence-corrected chi connectivity index (χ4v) is 2.49. The Kier molecular flexibility index (Phi) is 2.80. The molecule has 3 rings (SSSR count). The number of ether oxygens (including phenoxy) is 1. The van der Waals surface area contributed by atoms with Gasteiger partial charge in [0.2, 0.25) is 0 Å². The zero-order valence-electron chi connectivity index (χ0n) is 10.5. The molecule has 0 aromatic heterocycles. The van der Waals surface area contributed by atoms with Gasteiger partial charge < -0.3 is 10.5 Å². The summed E-state index contributed by atoms with van der Waals surface area (Å²) >= 11 is 0. The first-order valence-corrected chi connectivity index (χ1v) is 6.34. The molecular formula is C16H17NO. The van der Waals surface area contributed by atoms with Gasteiger partial charge in [-0.25, -0.2) is 0 Å². The number of benzene rings is 2. The third kappa shape index (κ3) is 2.00. The number of rotatable bonds is 2. The second-order valence-electron chi connectivity index (χ2n) is 4.89. The first kappa shape index (κ1) is 11.3. The zero-order chi connectivity index (χ0) is 12.5. The van der Waals surface area contributed by atoms with E-state index in [4.69, 9.17) is 10.5 Å². The standard InChI is InChI=1S/C16H17NO/c1-11-9-14-10-13(7-8-15(14)18-11)16(17)12-5-3-2-4-6-12/h2-8,10-11,16H,9,17H2,1H3. The molecule has 2 N–H and O–H groups in total. The van der Waals surface area contributed by atoms with E-state index in [9.17, 15) is 0 Å². The lowest BCUT2D eigenvalue weighted by Crippen LogP contribution is -2.11. The molecule has 1 heterocycles. The van der Waals surface area contributed by atoms with Crippen LogP contribution in [0.25, 0.3) is 0 Å². The van der Waals surface area contributed by atoms with Gasteiger partial charge in [0.25, 0.3) is 0 Å². The van der Waals surface area contributed by atoms with Gasteiger partial charge in [0, 0.05) is 6.42 Å². The van der Waals surface area contributed by atoms with Crippen LogP contribution in [0, 0.1) is 0 Å². The van der Waals surface area contributed by atoms with Crippen molar-refractivity contribution >= 4 is 0 Å². The SMILES string of the molecule is CC1Cc2cc(C(N)c3ccccc3)ccc2O1. The predicted octanol–water partition coefficient (Wildman–Crippen LogP) is 3.06. The van der Waals surface area contributed by atoms with Crippen molar-refractivity contribution in [1.82, 2.24) is 0 Å². The summed E-state index contributed by atoms with van der Waals surface area (Å²) < 4.78 is 5.71. The van der Waals surface area contributed by atoms with E-state index in [0.717, 1.165) is 23.3 Å². The molecule has 0 bridgehead atoms. The van der Waals surface area contributed by atoms with Gasteiger partial charge in [-0.15, -0.1) is 0 Å². The Balaban J connectivity index is 1.92. The Bertz CT molecular complexity index is 550. The molecule has 0 amide bonds. The number of nitrogens with two attached hydrogens (primary N) is 1. The maximum Gasteiger partial charge on any atom is 0.123 e. The van der Waals surface area contributed by atoms with Crippen LogP contribution in [0.2, 0.25) is 0 Å². The highest BCUT2D eigenvalue weighted by atomic mass is 16.5. The van der Waals surface area contributed by atoms with Crippen LogP contribution in [0.4, 0.5) is 0 Å². The maximum atomic E-state index is 6.30. The van der Waals surface area contributed by atoms with Crippen molar-refractivity contribution in [1.29, 1.82) is 0 Å². The molecule has 2 heteroatoms. The minimum atomic E-state index is -0.0626. The topological polar surface area (TPSA) is 35.2 Å². The third-order valence-corrected chi connectivity index (χ3v) is 3.44. The normalized spacial score (nSPS) is 19.1. The van der Waals surface area contributed by atoms with E-state index in [2.05, 4.69) is 31.2 Å². The van der Waals surface area contributed by atoms with Gasteiger partial charge in [0.15, 0.2) is 0 Å². The second-order valence-corrected chi connectivity index (χ2v) is 4.89. The van der Waals surface area contributed by atoms with E-state index in [1.807, 2.05) is 24.3 Å². The lowest BCUT2D eigenvalue weighted by Gasteiger charge is -2.13. The molecule has 2 atom stereocenters.